The molecule has 0 aliphatic heterocycles. The van der Waals surface area contributed by atoms with Crippen LogP contribution in [0.3, 0.4) is 0 Å². The molecule has 0 bridgehead atoms. The average molecular weight is 221 g/mol. The van der Waals surface area contributed by atoms with Gasteiger partial charge in [0.2, 0.25) is 0 Å². The Bertz CT molecular complexity index is 401. The zero-order valence-corrected chi connectivity index (χ0v) is 9.47. The predicted octanol–water partition coefficient (Wildman–Crippen LogP) is 2.75. The van der Waals surface area contributed by atoms with E-state index in [9.17, 15) is 14.9 Å². The first-order chi connectivity index (χ1) is 7.56. The van der Waals surface area contributed by atoms with E-state index in [1.165, 1.54) is 13.0 Å². The SMILES string of the molecule is CCC(Cc1ccccc1[N+](=O)[O-])C(C)=O. The molecule has 1 rings (SSSR count). The summed E-state index contributed by atoms with van der Waals surface area (Å²) in [5.41, 5.74) is 0.733. The molecule has 0 fully saturated rings. The largest absolute Gasteiger partial charge is 0.300 e. The van der Waals surface area contributed by atoms with Crippen molar-refractivity contribution in [3.8, 4) is 0 Å². The molecule has 0 radical (unpaired) electrons. The maximum Gasteiger partial charge on any atom is 0.272 e. The lowest BCUT2D eigenvalue weighted by atomic mass is 9.93. The third kappa shape index (κ3) is 2.89. The zero-order valence-electron chi connectivity index (χ0n) is 9.47. The summed E-state index contributed by atoms with van der Waals surface area (Å²) in [7, 11) is 0. The minimum atomic E-state index is -0.401. The Morgan fingerprint density at radius 1 is 1.44 bits per heavy atom. The first-order valence-electron chi connectivity index (χ1n) is 5.29. The van der Waals surface area contributed by atoms with E-state index in [4.69, 9.17) is 0 Å². The molecule has 4 nitrogen and oxygen atoms in total. The van der Waals surface area contributed by atoms with Crippen molar-refractivity contribution in [1.29, 1.82) is 0 Å². The molecule has 0 saturated heterocycles. The van der Waals surface area contributed by atoms with Gasteiger partial charge >= 0.3 is 0 Å². The highest BCUT2D eigenvalue weighted by Gasteiger charge is 2.18. The lowest BCUT2D eigenvalue weighted by molar-refractivity contribution is -0.385. The number of Topliss-reactive ketones (excluding diaryl/α,β-unsaturated/α-hetero) is 1. The number of para-hydroxylation sites is 1. The summed E-state index contributed by atoms with van der Waals surface area (Å²) < 4.78 is 0. The van der Waals surface area contributed by atoms with Gasteiger partial charge in [0.05, 0.1) is 4.92 Å². The van der Waals surface area contributed by atoms with Crippen LogP contribution in [0.15, 0.2) is 24.3 Å². The number of nitro benzene ring substituents is 1. The van der Waals surface area contributed by atoms with Crippen molar-refractivity contribution in [2.24, 2.45) is 5.92 Å². The Labute approximate surface area is 94.4 Å². The van der Waals surface area contributed by atoms with E-state index in [0.29, 0.717) is 18.4 Å². The topological polar surface area (TPSA) is 60.2 Å². The van der Waals surface area contributed by atoms with Gasteiger partial charge in [-0.3, -0.25) is 14.9 Å². The van der Waals surface area contributed by atoms with Crippen molar-refractivity contribution in [1.82, 2.24) is 0 Å². The van der Waals surface area contributed by atoms with Gasteiger partial charge in [-0.2, -0.15) is 0 Å². The summed E-state index contributed by atoms with van der Waals surface area (Å²) in [4.78, 5) is 21.7. The quantitative estimate of drug-likeness (QED) is 0.567. The summed E-state index contributed by atoms with van der Waals surface area (Å²) in [6, 6.07) is 6.58. The van der Waals surface area contributed by atoms with Crippen molar-refractivity contribution >= 4 is 11.5 Å². The van der Waals surface area contributed by atoms with E-state index in [1.54, 1.807) is 18.2 Å². The Hall–Kier alpha value is -1.71. The average Bonchev–Trinajstić information content (AvgIpc) is 2.25. The van der Waals surface area contributed by atoms with E-state index < -0.39 is 4.92 Å². The summed E-state index contributed by atoms with van der Waals surface area (Å²) in [5, 5.41) is 10.8. The van der Waals surface area contributed by atoms with Gasteiger partial charge in [-0.25, -0.2) is 0 Å². The standard InChI is InChI=1S/C12H15NO3/c1-3-10(9(2)14)8-11-6-4-5-7-12(11)13(15)16/h4-7,10H,3,8H2,1-2H3. The Kier molecular flexibility index (Phi) is 4.17. The second-order valence-electron chi connectivity index (χ2n) is 3.81. The van der Waals surface area contributed by atoms with Crippen LogP contribution < -0.4 is 0 Å². The minimum Gasteiger partial charge on any atom is -0.300 e. The number of rotatable bonds is 5. The first-order valence-corrected chi connectivity index (χ1v) is 5.29. The number of hydrogen-bond acceptors (Lipinski definition) is 3. The molecule has 1 aromatic carbocycles. The van der Waals surface area contributed by atoms with Crippen molar-refractivity contribution in [2.45, 2.75) is 26.7 Å². The number of nitrogens with zero attached hydrogens (tertiary/aromatic N) is 1. The number of hydrogen-bond donors (Lipinski definition) is 0. The fraction of sp³-hybridized carbons (Fsp3) is 0.417. The van der Waals surface area contributed by atoms with E-state index in [2.05, 4.69) is 0 Å². The van der Waals surface area contributed by atoms with Crippen LogP contribution >= 0.6 is 0 Å². The van der Waals surface area contributed by atoms with E-state index in [0.717, 1.165) is 0 Å². The highest BCUT2D eigenvalue weighted by Crippen LogP contribution is 2.22. The van der Waals surface area contributed by atoms with E-state index in [-0.39, 0.29) is 17.4 Å². The van der Waals surface area contributed by atoms with Gasteiger partial charge in [0, 0.05) is 17.5 Å². The number of ketones is 1. The molecule has 0 aliphatic rings. The smallest absolute Gasteiger partial charge is 0.272 e. The normalized spacial score (nSPS) is 12.1. The Balaban J connectivity index is 2.95. The lowest BCUT2D eigenvalue weighted by Gasteiger charge is -2.10. The maximum absolute atomic E-state index is 11.3. The molecule has 1 atom stereocenters. The molecule has 0 heterocycles. The number of nitro groups is 1. The van der Waals surface area contributed by atoms with Gasteiger partial charge in [-0.1, -0.05) is 25.1 Å². The molecule has 86 valence electrons. The van der Waals surface area contributed by atoms with Crippen LogP contribution in [0.25, 0.3) is 0 Å². The van der Waals surface area contributed by atoms with Crippen LogP contribution in [-0.4, -0.2) is 10.7 Å². The van der Waals surface area contributed by atoms with Gasteiger partial charge in [0.15, 0.2) is 0 Å². The molecule has 0 aromatic heterocycles. The molecule has 0 N–H and O–H groups in total. The van der Waals surface area contributed by atoms with Crippen LogP contribution in [0.1, 0.15) is 25.8 Å². The molecule has 4 heteroatoms. The molecule has 0 saturated carbocycles. The fourth-order valence-corrected chi connectivity index (χ4v) is 1.70. The molecule has 0 aliphatic carbocycles. The summed E-state index contributed by atoms with van der Waals surface area (Å²) >= 11 is 0. The van der Waals surface area contributed by atoms with Crippen molar-refractivity contribution in [3.63, 3.8) is 0 Å². The number of carbonyl (C=O) groups is 1. The monoisotopic (exact) mass is 221 g/mol. The highest BCUT2D eigenvalue weighted by atomic mass is 16.6. The van der Waals surface area contributed by atoms with Gasteiger partial charge < -0.3 is 0 Å². The van der Waals surface area contributed by atoms with Crippen molar-refractivity contribution < 1.29 is 9.72 Å². The second kappa shape index (κ2) is 5.39. The third-order valence-corrected chi connectivity index (χ3v) is 2.72. The molecular formula is C12H15NO3. The molecule has 16 heavy (non-hydrogen) atoms. The van der Waals surface area contributed by atoms with Gasteiger partial charge in [-0.05, 0) is 19.8 Å². The fourth-order valence-electron chi connectivity index (χ4n) is 1.70. The van der Waals surface area contributed by atoms with Gasteiger partial charge in [0.25, 0.3) is 5.69 Å². The molecule has 1 aromatic rings. The zero-order chi connectivity index (χ0) is 12.1. The number of benzene rings is 1. The number of carbonyl (C=O) groups excluding carboxylic acids is 1. The second-order valence-corrected chi connectivity index (χ2v) is 3.81. The molecule has 1 unspecified atom stereocenters. The van der Waals surface area contributed by atoms with Crippen LogP contribution in [0.2, 0.25) is 0 Å². The maximum atomic E-state index is 11.3. The van der Waals surface area contributed by atoms with Crippen LogP contribution in [0.5, 0.6) is 0 Å². The summed E-state index contributed by atoms with van der Waals surface area (Å²) in [6.45, 7) is 3.45. The summed E-state index contributed by atoms with van der Waals surface area (Å²) in [5.74, 6) is -0.0400. The van der Waals surface area contributed by atoms with Crippen molar-refractivity contribution in [3.05, 3.63) is 39.9 Å². The van der Waals surface area contributed by atoms with Crippen LogP contribution in [0, 0.1) is 16.0 Å². The lowest BCUT2D eigenvalue weighted by Crippen LogP contribution is -2.13. The van der Waals surface area contributed by atoms with Crippen molar-refractivity contribution in [2.75, 3.05) is 0 Å². The van der Waals surface area contributed by atoms with E-state index >= 15 is 0 Å². The van der Waals surface area contributed by atoms with Gasteiger partial charge in [0.1, 0.15) is 5.78 Å². The Morgan fingerprint density at radius 2 is 2.06 bits per heavy atom. The third-order valence-electron chi connectivity index (χ3n) is 2.72. The summed E-state index contributed by atoms with van der Waals surface area (Å²) in [6.07, 6.45) is 1.16. The minimum absolute atomic E-state index is 0.0839. The Morgan fingerprint density at radius 3 is 2.56 bits per heavy atom. The van der Waals surface area contributed by atoms with Crippen LogP contribution in [-0.2, 0) is 11.2 Å². The van der Waals surface area contributed by atoms with Crippen LogP contribution in [0.4, 0.5) is 5.69 Å². The first kappa shape index (κ1) is 12.4. The predicted molar refractivity (Wildman–Crippen MR) is 61.3 cm³/mol. The molecule has 0 amide bonds. The van der Waals surface area contributed by atoms with Gasteiger partial charge in [-0.15, -0.1) is 0 Å². The molecule has 0 spiro atoms. The van der Waals surface area contributed by atoms with E-state index in [1.807, 2.05) is 6.92 Å². The molecular weight excluding hydrogens is 206 g/mol. The highest BCUT2D eigenvalue weighted by molar-refractivity contribution is 5.78.